The highest BCUT2D eigenvalue weighted by molar-refractivity contribution is 5.06. The van der Waals surface area contributed by atoms with Crippen molar-refractivity contribution in [3.63, 3.8) is 0 Å². The molecule has 0 saturated heterocycles. The molecular formula is C12H18. The van der Waals surface area contributed by atoms with E-state index < -0.39 is 0 Å². The van der Waals surface area contributed by atoms with E-state index >= 15 is 0 Å². The quantitative estimate of drug-likeness (QED) is 0.423. The molecule has 0 rings (SSSR count). The summed E-state index contributed by atoms with van der Waals surface area (Å²) >= 11 is 0. The fourth-order valence-corrected chi connectivity index (χ4v) is 0.744. The van der Waals surface area contributed by atoms with Gasteiger partial charge in [-0.25, -0.2) is 0 Å². The van der Waals surface area contributed by atoms with Gasteiger partial charge >= 0.3 is 0 Å². The standard InChI is InChI=1S/C12H18/c1-3-5-7-9-11-12-10-8-6-4-2/h3-6,9-12H,7-8H2,1-2H3. The Morgan fingerprint density at radius 2 is 1.08 bits per heavy atom. The fourth-order valence-electron chi connectivity index (χ4n) is 0.744. The Kier molecular flexibility index (Phi) is 9.10. The Labute approximate surface area is 76.0 Å². The van der Waals surface area contributed by atoms with E-state index in [4.69, 9.17) is 0 Å². The monoisotopic (exact) mass is 162 g/mol. The third-order valence-corrected chi connectivity index (χ3v) is 1.40. The zero-order valence-electron chi connectivity index (χ0n) is 8.03. The lowest BCUT2D eigenvalue weighted by molar-refractivity contribution is 1.36. The number of rotatable bonds is 5. The zero-order valence-corrected chi connectivity index (χ0v) is 8.03. The van der Waals surface area contributed by atoms with E-state index in [1.165, 1.54) is 0 Å². The van der Waals surface area contributed by atoms with Crippen molar-refractivity contribution in [1.29, 1.82) is 0 Å². The van der Waals surface area contributed by atoms with Crippen molar-refractivity contribution in [2.45, 2.75) is 26.7 Å². The van der Waals surface area contributed by atoms with Crippen molar-refractivity contribution in [2.24, 2.45) is 0 Å². The molecule has 0 aliphatic rings. The van der Waals surface area contributed by atoms with E-state index in [1.807, 2.05) is 13.8 Å². The summed E-state index contributed by atoms with van der Waals surface area (Å²) in [6.45, 7) is 4.07. The number of hydrogen-bond donors (Lipinski definition) is 0. The average molecular weight is 162 g/mol. The van der Waals surface area contributed by atoms with Gasteiger partial charge in [0.05, 0.1) is 0 Å². The SMILES string of the molecule is CC=CCC=CC=CCC=CC. The predicted molar refractivity (Wildman–Crippen MR) is 57.1 cm³/mol. The molecule has 0 heterocycles. The van der Waals surface area contributed by atoms with Crippen LogP contribution in [0.4, 0.5) is 0 Å². The first-order valence-corrected chi connectivity index (χ1v) is 4.45. The highest BCUT2D eigenvalue weighted by atomic mass is 13.7. The Bertz CT molecular complexity index is 158. The normalized spacial score (nSPS) is 13.2. The van der Waals surface area contributed by atoms with Crippen molar-refractivity contribution in [3.05, 3.63) is 48.6 Å². The Balaban J connectivity index is 3.39. The molecular weight excluding hydrogens is 144 g/mol. The lowest BCUT2D eigenvalue weighted by Crippen LogP contribution is -1.58. The molecule has 0 aromatic rings. The second kappa shape index (κ2) is 9.96. The molecule has 0 N–H and O–H groups in total. The molecule has 0 nitrogen and oxygen atoms in total. The van der Waals surface area contributed by atoms with Crippen LogP contribution in [0.3, 0.4) is 0 Å². The summed E-state index contributed by atoms with van der Waals surface area (Å²) < 4.78 is 0. The summed E-state index contributed by atoms with van der Waals surface area (Å²) in [5.41, 5.74) is 0. The molecule has 0 radical (unpaired) electrons. The molecule has 0 aliphatic heterocycles. The van der Waals surface area contributed by atoms with E-state index in [0.29, 0.717) is 0 Å². The van der Waals surface area contributed by atoms with Crippen molar-refractivity contribution in [1.82, 2.24) is 0 Å². The minimum atomic E-state index is 1.03. The molecule has 0 aromatic carbocycles. The largest absolute Gasteiger partial charge is 0.0914 e. The summed E-state index contributed by atoms with van der Waals surface area (Å²) in [6, 6.07) is 0. The van der Waals surface area contributed by atoms with Gasteiger partial charge in [0.25, 0.3) is 0 Å². The molecule has 0 aromatic heterocycles. The zero-order chi connectivity index (χ0) is 9.07. The van der Waals surface area contributed by atoms with Crippen molar-refractivity contribution < 1.29 is 0 Å². The van der Waals surface area contributed by atoms with Crippen LogP contribution in [0.2, 0.25) is 0 Å². The Morgan fingerprint density at radius 1 is 0.667 bits per heavy atom. The van der Waals surface area contributed by atoms with Crippen LogP contribution in [0.1, 0.15) is 26.7 Å². The minimum absolute atomic E-state index is 1.03. The molecule has 0 aliphatic carbocycles. The van der Waals surface area contributed by atoms with E-state index in [0.717, 1.165) is 12.8 Å². The molecule has 12 heavy (non-hydrogen) atoms. The van der Waals surface area contributed by atoms with Crippen molar-refractivity contribution in [3.8, 4) is 0 Å². The first-order valence-electron chi connectivity index (χ1n) is 4.45. The second-order valence-electron chi connectivity index (χ2n) is 2.47. The minimum Gasteiger partial charge on any atom is -0.0914 e. The fraction of sp³-hybridized carbons (Fsp3) is 0.333. The molecule has 0 fully saturated rings. The van der Waals surface area contributed by atoms with Crippen LogP contribution in [0.15, 0.2) is 48.6 Å². The van der Waals surface area contributed by atoms with E-state index in [-0.39, 0.29) is 0 Å². The van der Waals surface area contributed by atoms with E-state index in [1.54, 1.807) is 0 Å². The Hall–Kier alpha value is -1.04. The maximum absolute atomic E-state index is 2.14. The summed E-state index contributed by atoms with van der Waals surface area (Å²) in [6.07, 6.45) is 18.9. The average Bonchev–Trinajstić information content (AvgIpc) is 2.10. The van der Waals surface area contributed by atoms with Gasteiger partial charge in [0.1, 0.15) is 0 Å². The van der Waals surface area contributed by atoms with Crippen LogP contribution in [0.25, 0.3) is 0 Å². The van der Waals surface area contributed by atoms with Gasteiger partial charge in [0.15, 0.2) is 0 Å². The molecule has 0 spiro atoms. The lowest BCUT2D eigenvalue weighted by Gasteiger charge is -1.79. The van der Waals surface area contributed by atoms with E-state index in [2.05, 4.69) is 48.6 Å². The smallest absolute Gasteiger partial charge is 0.0166 e. The predicted octanol–water partition coefficient (Wildman–Crippen LogP) is 4.03. The molecule has 0 heteroatoms. The van der Waals surface area contributed by atoms with Crippen LogP contribution in [0, 0.1) is 0 Å². The van der Waals surface area contributed by atoms with Gasteiger partial charge in [-0.1, -0.05) is 48.6 Å². The molecule has 0 unspecified atom stereocenters. The number of hydrogen-bond acceptors (Lipinski definition) is 0. The topological polar surface area (TPSA) is 0 Å². The molecule has 0 bridgehead atoms. The van der Waals surface area contributed by atoms with Crippen molar-refractivity contribution in [2.75, 3.05) is 0 Å². The Morgan fingerprint density at radius 3 is 1.42 bits per heavy atom. The summed E-state index contributed by atoms with van der Waals surface area (Å²) in [7, 11) is 0. The van der Waals surface area contributed by atoms with Crippen LogP contribution in [0.5, 0.6) is 0 Å². The van der Waals surface area contributed by atoms with E-state index in [9.17, 15) is 0 Å². The molecule has 0 saturated carbocycles. The van der Waals surface area contributed by atoms with Gasteiger partial charge in [-0.3, -0.25) is 0 Å². The summed E-state index contributed by atoms with van der Waals surface area (Å²) in [4.78, 5) is 0. The van der Waals surface area contributed by atoms with Crippen molar-refractivity contribution >= 4 is 0 Å². The first kappa shape index (κ1) is 11.0. The summed E-state index contributed by atoms with van der Waals surface area (Å²) in [5, 5.41) is 0. The molecule has 0 amide bonds. The van der Waals surface area contributed by atoms with Crippen LogP contribution >= 0.6 is 0 Å². The highest BCUT2D eigenvalue weighted by Crippen LogP contribution is 1.89. The maximum atomic E-state index is 2.14. The van der Waals surface area contributed by atoms with Crippen LogP contribution < -0.4 is 0 Å². The van der Waals surface area contributed by atoms with Gasteiger partial charge in [-0.2, -0.15) is 0 Å². The molecule has 66 valence electrons. The first-order chi connectivity index (χ1) is 5.91. The second-order valence-corrected chi connectivity index (χ2v) is 2.47. The van der Waals surface area contributed by atoms with Gasteiger partial charge < -0.3 is 0 Å². The lowest BCUT2D eigenvalue weighted by atomic mass is 10.3. The van der Waals surface area contributed by atoms with Gasteiger partial charge in [0, 0.05) is 0 Å². The molecule has 0 atom stereocenters. The van der Waals surface area contributed by atoms with Crippen LogP contribution in [-0.2, 0) is 0 Å². The third-order valence-electron chi connectivity index (χ3n) is 1.40. The highest BCUT2D eigenvalue weighted by Gasteiger charge is 1.68. The van der Waals surface area contributed by atoms with Gasteiger partial charge in [-0.05, 0) is 26.7 Å². The van der Waals surface area contributed by atoms with Gasteiger partial charge in [-0.15, -0.1) is 0 Å². The maximum Gasteiger partial charge on any atom is -0.0166 e. The summed E-state index contributed by atoms with van der Waals surface area (Å²) in [5.74, 6) is 0. The third kappa shape index (κ3) is 8.96. The van der Waals surface area contributed by atoms with Crippen LogP contribution in [-0.4, -0.2) is 0 Å². The number of allylic oxidation sites excluding steroid dienone is 8. The van der Waals surface area contributed by atoms with Gasteiger partial charge in [0.2, 0.25) is 0 Å².